The van der Waals surface area contributed by atoms with Crippen LogP contribution < -0.4 is 5.73 Å². The van der Waals surface area contributed by atoms with Gasteiger partial charge in [-0.2, -0.15) is 0 Å². The Kier molecular flexibility index (Phi) is 49.2. The maximum atomic E-state index is 12.6. The summed E-state index contributed by atoms with van der Waals surface area (Å²) < 4.78 is 32.8. The Morgan fingerprint density at radius 3 is 1.17 bits per heavy atom. The van der Waals surface area contributed by atoms with E-state index in [2.05, 4.69) is 26.0 Å². The number of hydrogen-bond acceptors (Lipinski definition) is 8. The largest absolute Gasteiger partial charge is 0.472 e. The van der Waals surface area contributed by atoms with Gasteiger partial charge in [-0.3, -0.25) is 18.6 Å². The highest BCUT2D eigenvalue weighted by Crippen LogP contribution is 2.43. The summed E-state index contributed by atoms with van der Waals surface area (Å²) in [5, 5.41) is 0. The molecule has 0 saturated heterocycles. The van der Waals surface area contributed by atoms with E-state index in [0.29, 0.717) is 6.42 Å². The predicted molar refractivity (Wildman–Crippen MR) is 266 cm³/mol. The molecule has 2 atom stereocenters. The molecule has 0 rings (SSSR count). The van der Waals surface area contributed by atoms with Crippen molar-refractivity contribution < 1.29 is 37.6 Å². The normalized spacial score (nSPS) is 13.1. The summed E-state index contributed by atoms with van der Waals surface area (Å²) >= 11 is 0. The minimum absolute atomic E-state index is 0.0549. The number of ether oxygens (including phenoxy) is 2. The maximum absolute atomic E-state index is 12.6. The second-order valence-corrected chi connectivity index (χ2v) is 19.9. The highest BCUT2D eigenvalue weighted by Gasteiger charge is 2.26. The van der Waals surface area contributed by atoms with Crippen molar-refractivity contribution in [3.8, 4) is 0 Å². The monoisotopic (exact) mass is 914 g/mol. The van der Waals surface area contributed by atoms with E-state index in [1.165, 1.54) is 193 Å². The van der Waals surface area contributed by atoms with Gasteiger partial charge in [-0.1, -0.05) is 251 Å². The highest BCUT2D eigenvalue weighted by atomic mass is 31.2. The van der Waals surface area contributed by atoms with E-state index in [-0.39, 0.29) is 38.6 Å². The molecule has 0 amide bonds. The van der Waals surface area contributed by atoms with Gasteiger partial charge in [0.1, 0.15) is 6.61 Å². The molecule has 0 fully saturated rings. The van der Waals surface area contributed by atoms with Crippen molar-refractivity contribution in [2.45, 2.75) is 290 Å². The number of carbonyl (C=O) groups is 2. The number of allylic oxidation sites excluding steroid dienone is 2. The van der Waals surface area contributed by atoms with Crippen LogP contribution in [-0.2, 0) is 32.7 Å². The zero-order chi connectivity index (χ0) is 46.0. The van der Waals surface area contributed by atoms with Crippen LogP contribution in [0.15, 0.2) is 12.2 Å². The number of rotatable bonds is 52. The molecule has 0 aromatic carbocycles. The zero-order valence-electron chi connectivity index (χ0n) is 41.6. The van der Waals surface area contributed by atoms with Crippen LogP contribution in [0, 0.1) is 0 Å². The number of esters is 2. The Bertz CT molecular complexity index is 1040. The van der Waals surface area contributed by atoms with Crippen molar-refractivity contribution in [1.29, 1.82) is 0 Å². The van der Waals surface area contributed by atoms with E-state index in [4.69, 9.17) is 24.3 Å². The minimum atomic E-state index is -4.38. The van der Waals surface area contributed by atoms with Gasteiger partial charge in [0.25, 0.3) is 0 Å². The smallest absolute Gasteiger partial charge is 0.462 e. The molecule has 0 aromatic heterocycles. The number of carbonyl (C=O) groups excluding carboxylic acids is 2. The standard InChI is InChI=1S/C53H104NO8P/c1-3-5-7-9-11-13-15-16-17-18-19-20-21-22-23-24-25-26-27-28-29-30-31-32-33-34-36-37-39-41-43-45-52(55)59-49-51(50-61-63(57,58)60-48-47-54)62-53(56)46-44-42-40-38-35-14-12-10-8-6-4-2/h10,12,51H,3-9,11,13-50,54H2,1-2H3,(H,57,58)/b12-10-. The van der Waals surface area contributed by atoms with Crippen LogP contribution in [0.2, 0.25) is 0 Å². The molecular formula is C53H104NO8P. The third-order valence-electron chi connectivity index (χ3n) is 12.2. The van der Waals surface area contributed by atoms with Crippen LogP contribution in [-0.4, -0.2) is 49.3 Å². The Morgan fingerprint density at radius 1 is 0.460 bits per heavy atom. The summed E-state index contributed by atoms with van der Waals surface area (Å²) in [6.45, 7) is 3.73. The summed E-state index contributed by atoms with van der Waals surface area (Å²) in [6.07, 6.45) is 55.8. The van der Waals surface area contributed by atoms with Gasteiger partial charge < -0.3 is 20.1 Å². The molecule has 0 aromatic rings. The molecule has 0 aliphatic carbocycles. The average Bonchev–Trinajstić information content (AvgIpc) is 3.27. The lowest BCUT2D eigenvalue weighted by Crippen LogP contribution is -2.29. The van der Waals surface area contributed by atoms with Crippen LogP contribution in [0.5, 0.6) is 0 Å². The molecule has 2 unspecified atom stereocenters. The molecule has 3 N–H and O–H groups in total. The lowest BCUT2D eigenvalue weighted by Gasteiger charge is -2.19. The molecule has 0 spiro atoms. The zero-order valence-corrected chi connectivity index (χ0v) is 42.5. The Balaban J connectivity index is 3.78. The van der Waals surface area contributed by atoms with Crippen molar-refractivity contribution in [1.82, 2.24) is 0 Å². The van der Waals surface area contributed by atoms with Crippen molar-refractivity contribution in [3.05, 3.63) is 12.2 Å². The van der Waals surface area contributed by atoms with Gasteiger partial charge in [0, 0.05) is 19.4 Å². The van der Waals surface area contributed by atoms with Crippen molar-refractivity contribution in [2.24, 2.45) is 5.73 Å². The van der Waals surface area contributed by atoms with Crippen molar-refractivity contribution >= 4 is 19.8 Å². The third kappa shape index (κ3) is 50.0. The number of hydrogen-bond donors (Lipinski definition) is 2. The van der Waals surface area contributed by atoms with Crippen LogP contribution >= 0.6 is 7.82 Å². The average molecular weight is 914 g/mol. The second-order valence-electron chi connectivity index (χ2n) is 18.5. The van der Waals surface area contributed by atoms with E-state index < -0.39 is 26.5 Å². The van der Waals surface area contributed by atoms with Crippen molar-refractivity contribution in [3.63, 3.8) is 0 Å². The van der Waals surface area contributed by atoms with E-state index in [1.807, 2.05) is 0 Å². The molecule has 0 aliphatic heterocycles. The van der Waals surface area contributed by atoms with Gasteiger partial charge in [0.2, 0.25) is 0 Å². The molecule has 374 valence electrons. The molecule has 0 aliphatic rings. The van der Waals surface area contributed by atoms with Crippen LogP contribution in [0.1, 0.15) is 284 Å². The summed E-state index contributed by atoms with van der Waals surface area (Å²) in [7, 11) is -4.38. The Labute approximate surface area is 389 Å². The maximum Gasteiger partial charge on any atom is 0.472 e. The summed E-state index contributed by atoms with van der Waals surface area (Å²) in [5.74, 6) is -0.825. The van der Waals surface area contributed by atoms with E-state index in [9.17, 15) is 19.0 Å². The minimum Gasteiger partial charge on any atom is -0.462 e. The van der Waals surface area contributed by atoms with Gasteiger partial charge in [-0.15, -0.1) is 0 Å². The first-order chi connectivity index (χ1) is 30.8. The van der Waals surface area contributed by atoms with Crippen LogP contribution in [0.25, 0.3) is 0 Å². The van der Waals surface area contributed by atoms with Gasteiger partial charge in [0.15, 0.2) is 6.10 Å². The van der Waals surface area contributed by atoms with E-state index in [1.54, 1.807) is 0 Å². The van der Waals surface area contributed by atoms with E-state index in [0.717, 1.165) is 57.8 Å². The number of phosphoric ester groups is 1. The molecule has 0 saturated carbocycles. The lowest BCUT2D eigenvalue weighted by atomic mass is 10.0. The van der Waals surface area contributed by atoms with E-state index >= 15 is 0 Å². The van der Waals surface area contributed by atoms with Crippen LogP contribution in [0.4, 0.5) is 0 Å². The first-order valence-corrected chi connectivity index (χ1v) is 28.7. The Morgan fingerprint density at radius 2 is 0.794 bits per heavy atom. The summed E-state index contributed by atoms with van der Waals surface area (Å²) in [4.78, 5) is 34.9. The quantitative estimate of drug-likeness (QED) is 0.0265. The fourth-order valence-electron chi connectivity index (χ4n) is 8.09. The second kappa shape index (κ2) is 50.2. The fraction of sp³-hybridized carbons (Fsp3) is 0.925. The number of phosphoric acid groups is 1. The van der Waals surface area contributed by atoms with Crippen molar-refractivity contribution in [2.75, 3.05) is 26.4 Å². The Hall–Kier alpha value is -1.25. The molecule has 0 radical (unpaired) electrons. The third-order valence-corrected chi connectivity index (χ3v) is 13.1. The number of nitrogens with two attached hydrogens (primary N) is 1. The fourth-order valence-corrected chi connectivity index (χ4v) is 8.86. The van der Waals surface area contributed by atoms with Crippen LogP contribution in [0.3, 0.4) is 0 Å². The lowest BCUT2D eigenvalue weighted by molar-refractivity contribution is -0.161. The van der Waals surface area contributed by atoms with Gasteiger partial charge >= 0.3 is 19.8 Å². The van der Waals surface area contributed by atoms with Gasteiger partial charge in [-0.25, -0.2) is 4.57 Å². The molecule has 0 bridgehead atoms. The first kappa shape index (κ1) is 61.8. The molecular weight excluding hydrogens is 810 g/mol. The van der Waals surface area contributed by atoms with Gasteiger partial charge in [-0.05, 0) is 32.1 Å². The molecule has 9 nitrogen and oxygen atoms in total. The van der Waals surface area contributed by atoms with Gasteiger partial charge in [0.05, 0.1) is 13.2 Å². The molecule has 0 heterocycles. The topological polar surface area (TPSA) is 134 Å². The summed E-state index contributed by atoms with van der Waals surface area (Å²) in [5.41, 5.74) is 5.36. The first-order valence-electron chi connectivity index (χ1n) is 27.2. The summed E-state index contributed by atoms with van der Waals surface area (Å²) in [6, 6.07) is 0. The highest BCUT2D eigenvalue weighted by molar-refractivity contribution is 7.47. The molecule has 63 heavy (non-hydrogen) atoms. The SMILES string of the molecule is CCCC/C=C\CCCCCCCC(=O)OC(COC(=O)CCCCCCCCCCCCCCCCCCCCCCCCCCCCCCCCC)COP(=O)(O)OCCN. The molecule has 10 heteroatoms. The predicted octanol–water partition coefficient (Wildman–Crippen LogP) is 16.5. The number of unbranched alkanes of at least 4 members (excludes halogenated alkanes) is 37.